The SMILES string of the molecule is C[C@@]12CCC[C@H]1[C@@H]1CCC3CC(F)CC[C@]3(C)[C@@H]1CC2. The zero-order valence-electron chi connectivity index (χ0n) is 13.3. The lowest BCUT2D eigenvalue weighted by molar-refractivity contribution is -0.113. The van der Waals surface area contributed by atoms with Crippen LogP contribution in [-0.2, 0) is 0 Å². The van der Waals surface area contributed by atoms with Crippen LogP contribution in [0, 0.1) is 34.5 Å². The predicted octanol–water partition coefficient (Wildman–Crippen LogP) is 5.76. The zero-order valence-corrected chi connectivity index (χ0v) is 13.3. The van der Waals surface area contributed by atoms with E-state index in [2.05, 4.69) is 13.8 Å². The third-order valence-electron chi connectivity index (χ3n) is 8.38. The Morgan fingerprint density at radius 2 is 1.70 bits per heavy atom. The monoisotopic (exact) mass is 278 g/mol. The van der Waals surface area contributed by atoms with Gasteiger partial charge in [-0.15, -0.1) is 0 Å². The minimum Gasteiger partial charge on any atom is -0.247 e. The summed E-state index contributed by atoms with van der Waals surface area (Å²) in [6.45, 7) is 5.12. The Labute approximate surface area is 123 Å². The fraction of sp³-hybridized carbons (Fsp3) is 1.00. The molecule has 0 aromatic carbocycles. The van der Waals surface area contributed by atoms with E-state index in [0.717, 1.165) is 30.6 Å². The van der Waals surface area contributed by atoms with Gasteiger partial charge in [0, 0.05) is 0 Å². The Balaban J connectivity index is 1.62. The van der Waals surface area contributed by atoms with Crippen LogP contribution in [-0.4, -0.2) is 6.17 Å². The molecule has 0 aromatic heterocycles. The fourth-order valence-electron chi connectivity index (χ4n) is 7.20. The Hall–Kier alpha value is -0.0700. The van der Waals surface area contributed by atoms with Crippen LogP contribution in [0.25, 0.3) is 0 Å². The molecule has 0 nitrogen and oxygen atoms in total. The molecule has 0 aromatic rings. The van der Waals surface area contributed by atoms with Crippen molar-refractivity contribution in [3.8, 4) is 0 Å². The molecule has 4 saturated carbocycles. The van der Waals surface area contributed by atoms with Crippen LogP contribution in [0.3, 0.4) is 0 Å². The van der Waals surface area contributed by atoms with Gasteiger partial charge in [-0.25, -0.2) is 4.39 Å². The van der Waals surface area contributed by atoms with Gasteiger partial charge in [0.05, 0.1) is 0 Å². The van der Waals surface area contributed by atoms with E-state index < -0.39 is 6.17 Å². The molecular formula is C19H31F. The van der Waals surface area contributed by atoms with E-state index in [0.29, 0.717) is 16.7 Å². The molecule has 4 aliphatic carbocycles. The standard InChI is InChI=1S/C19H31F/c1-18-9-3-4-16(18)15-6-5-13-12-14(20)7-11-19(13,2)17(15)8-10-18/h13-17H,3-12H2,1-2H3/t13?,14?,15-,16-,17+,18-,19-/m0/s1. The summed E-state index contributed by atoms with van der Waals surface area (Å²) < 4.78 is 13.8. The number of fused-ring (bicyclic) bond motifs is 5. The van der Waals surface area contributed by atoms with E-state index in [1.165, 1.54) is 51.4 Å². The molecule has 0 bridgehead atoms. The smallest absolute Gasteiger partial charge is 0.100 e. The van der Waals surface area contributed by atoms with Crippen molar-refractivity contribution < 1.29 is 4.39 Å². The molecule has 4 aliphatic rings. The molecule has 0 amide bonds. The number of halogens is 1. The van der Waals surface area contributed by atoms with Crippen molar-refractivity contribution in [3.63, 3.8) is 0 Å². The van der Waals surface area contributed by atoms with E-state index in [1.54, 1.807) is 0 Å². The first kappa shape index (κ1) is 13.6. The summed E-state index contributed by atoms with van der Waals surface area (Å²) in [5.41, 5.74) is 1.15. The van der Waals surface area contributed by atoms with Gasteiger partial charge in [-0.05, 0) is 92.3 Å². The van der Waals surface area contributed by atoms with Gasteiger partial charge in [0.1, 0.15) is 6.17 Å². The summed E-state index contributed by atoms with van der Waals surface area (Å²) in [7, 11) is 0. The van der Waals surface area contributed by atoms with Crippen molar-refractivity contribution in [2.45, 2.75) is 84.2 Å². The maximum atomic E-state index is 13.8. The second kappa shape index (κ2) is 4.46. The number of rotatable bonds is 0. The highest BCUT2D eigenvalue weighted by Crippen LogP contribution is 2.66. The molecule has 2 unspecified atom stereocenters. The van der Waals surface area contributed by atoms with Crippen LogP contribution >= 0.6 is 0 Å². The summed E-state index contributed by atoms with van der Waals surface area (Å²) in [6, 6.07) is 0. The number of hydrogen-bond donors (Lipinski definition) is 0. The van der Waals surface area contributed by atoms with Gasteiger partial charge in [0.2, 0.25) is 0 Å². The highest BCUT2D eigenvalue weighted by molar-refractivity contribution is 5.07. The van der Waals surface area contributed by atoms with Crippen LogP contribution in [0.5, 0.6) is 0 Å². The van der Waals surface area contributed by atoms with Crippen LogP contribution in [0.4, 0.5) is 4.39 Å². The molecule has 1 heteroatoms. The van der Waals surface area contributed by atoms with Crippen molar-refractivity contribution in [1.82, 2.24) is 0 Å². The highest BCUT2D eigenvalue weighted by atomic mass is 19.1. The molecule has 0 N–H and O–H groups in total. The largest absolute Gasteiger partial charge is 0.247 e. The summed E-state index contributed by atoms with van der Waals surface area (Å²) >= 11 is 0. The fourth-order valence-corrected chi connectivity index (χ4v) is 7.20. The Kier molecular flexibility index (Phi) is 3.03. The first-order chi connectivity index (χ1) is 9.53. The van der Waals surface area contributed by atoms with Crippen LogP contribution < -0.4 is 0 Å². The van der Waals surface area contributed by atoms with E-state index in [4.69, 9.17) is 0 Å². The second-order valence-corrected chi connectivity index (χ2v) is 9.11. The summed E-state index contributed by atoms with van der Waals surface area (Å²) in [5.74, 6) is 3.60. The van der Waals surface area contributed by atoms with Crippen molar-refractivity contribution in [1.29, 1.82) is 0 Å². The quantitative estimate of drug-likeness (QED) is 0.528. The average molecular weight is 278 g/mol. The minimum absolute atomic E-state index is 0.482. The molecule has 0 heterocycles. The van der Waals surface area contributed by atoms with Gasteiger partial charge >= 0.3 is 0 Å². The van der Waals surface area contributed by atoms with E-state index in [9.17, 15) is 4.39 Å². The van der Waals surface area contributed by atoms with Gasteiger partial charge in [-0.2, -0.15) is 0 Å². The normalized spacial score (nSPS) is 58.6. The summed E-state index contributed by atoms with van der Waals surface area (Å²) in [6.07, 6.45) is 12.5. The van der Waals surface area contributed by atoms with E-state index in [1.807, 2.05) is 0 Å². The lowest BCUT2D eigenvalue weighted by Crippen LogP contribution is -2.52. The molecule has 0 aliphatic heterocycles. The van der Waals surface area contributed by atoms with E-state index in [-0.39, 0.29) is 0 Å². The van der Waals surface area contributed by atoms with Crippen molar-refractivity contribution in [3.05, 3.63) is 0 Å². The maximum absolute atomic E-state index is 13.8. The Morgan fingerprint density at radius 1 is 0.850 bits per heavy atom. The lowest BCUT2D eigenvalue weighted by atomic mass is 9.45. The number of alkyl halides is 1. The molecule has 0 saturated heterocycles. The van der Waals surface area contributed by atoms with Gasteiger partial charge in [0.25, 0.3) is 0 Å². The second-order valence-electron chi connectivity index (χ2n) is 9.11. The molecule has 20 heavy (non-hydrogen) atoms. The molecule has 4 fully saturated rings. The molecular weight excluding hydrogens is 247 g/mol. The molecule has 7 atom stereocenters. The van der Waals surface area contributed by atoms with Gasteiger partial charge < -0.3 is 0 Å². The summed E-state index contributed by atoms with van der Waals surface area (Å²) in [5, 5.41) is 0. The van der Waals surface area contributed by atoms with Crippen molar-refractivity contribution in [2.75, 3.05) is 0 Å². The molecule has 4 rings (SSSR count). The van der Waals surface area contributed by atoms with Crippen LogP contribution in [0.15, 0.2) is 0 Å². The Bertz CT molecular complexity index is 391. The predicted molar refractivity (Wildman–Crippen MR) is 81.2 cm³/mol. The first-order valence-electron chi connectivity index (χ1n) is 9.17. The third kappa shape index (κ3) is 1.77. The van der Waals surface area contributed by atoms with Gasteiger partial charge in [-0.3, -0.25) is 0 Å². The van der Waals surface area contributed by atoms with Gasteiger partial charge in [0.15, 0.2) is 0 Å². The molecule has 0 radical (unpaired) electrons. The first-order valence-corrected chi connectivity index (χ1v) is 9.17. The topological polar surface area (TPSA) is 0 Å². The van der Waals surface area contributed by atoms with Gasteiger partial charge in [-0.1, -0.05) is 20.3 Å². The van der Waals surface area contributed by atoms with Crippen molar-refractivity contribution in [2.24, 2.45) is 34.5 Å². The van der Waals surface area contributed by atoms with Crippen LogP contribution in [0.1, 0.15) is 78.1 Å². The minimum atomic E-state index is -0.495. The highest BCUT2D eigenvalue weighted by Gasteiger charge is 2.57. The molecule has 114 valence electrons. The third-order valence-corrected chi connectivity index (χ3v) is 8.38. The van der Waals surface area contributed by atoms with Crippen LogP contribution in [0.2, 0.25) is 0 Å². The lowest BCUT2D eigenvalue weighted by Gasteiger charge is -2.60. The van der Waals surface area contributed by atoms with Crippen molar-refractivity contribution >= 4 is 0 Å². The summed E-state index contributed by atoms with van der Waals surface area (Å²) in [4.78, 5) is 0. The van der Waals surface area contributed by atoms with E-state index >= 15 is 0 Å². The maximum Gasteiger partial charge on any atom is 0.100 e. The number of hydrogen-bond acceptors (Lipinski definition) is 0. The zero-order chi connectivity index (χ0) is 14.0. The Morgan fingerprint density at radius 3 is 2.55 bits per heavy atom. The average Bonchev–Trinajstić information content (AvgIpc) is 2.81. The molecule has 0 spiro atoms.